The average molecular weight is 455 g/mol. The van der Waals surface area contributed by atoms with Crippen LogP contribution in [0.5, 0.6) is 0 Å². The Morgan fingerprint density at radius 3 is 2.36 bits per heavy atom. The standard InChI is InChI=1S/C30H46O3/c1-19(8-7-9-20(2)25(32)33)21-12-14-28(6)23-11-10-22-26(3,4)24(31)13-15-29(22)18-30(23,29)17-16-27(21,28)5/h9,19,21-23H,7-8,10-18H2,1-6H3,(H,32,33)/b20-9+/t19-,21+,22+,23-,27+,28-,29+,30-/m0/s1. The van der Waals surface area contributed by atoms with Crippen molar-refractivity contribution in [3.05, 3.63) is 11.6 Å². The van der Waals surface area contributed by atoms with Crippen LogP contribution < -0.4 is 0 Å². The van der Waals surface area contributed by atoms with E-state index in [1.807, 2.05) is 6.08 Å². The molecule has 5 saturated carbocycles. The van der Waals surface area contributed by atoms with Gasteiger partial charge in [0.2, 0.25) is 0 Å². The fourth-order valence-electron chi connectivity index (χ4n) is 11.0. The van der Waals surface area contributed by atoms with Gasteiger partial charge in [0.05, 0.1) is 0 Å². The summed E-state index contributed by atoms with van der Waals surface area (Å²) in [5.41, 5.74) is 2.14. The zero-order valence-corrected chi connectivity index (χ0v) is 21.9. The molecule has 0 amide bonds. The minimum Gasteiger partial charge on any atom is -0.478 e. The summed E-state index contributed by atoms with van der Waals surface area (Å²) in [5, 5.41) is 9.17. The SMILES string of the molecule is C/C(=C\CC[C@H](C)[C@H]1CC[C@@]2(C)[C@@H]3CC[C@@H]4C(C)(C)C(=O)CC[C@@]45C[C@@]35CC[C@]12C)C(=O)O. The maximum Gasteiger partial charge on any atom is 0.330 e. The van der Waals surface area contributed by atoms with Crippen molar-refractivity contribution < 1.29 is 14.7 Å². The third kappa shape index (κ3) is 2.86. The molecule has 5 aliphatic carbocycles. The Balaban J connectivity index is 1.37. The highest BCUT2D eigenvalue weighted by atomic mass is 16.4. The number of carbonyl (C=O) groups is 2. The molecule has 184 valence electrons. The van der Waals surface area contributed by atoms with Crippen LogP contribution in [0, 0.1) is 50.7 Å². The van der Waals surface area contributed by atoms with Crippen molar-refractivity contribution in [1.29, 1.82) is 0 Å². The quantitative estimate of drug-likeness (QED) is 0.439. The zero-order valence-electron chi connectivity index (χ0n) is 21.9. The van der Waals surface area contributed by atoms with Crippen LogP contribution in [-0.2, 0) is 9.59 Å². The van der Waals surface area contributed by atoms with Crippen LogP contribution in [0.3, 0.4) is 0 Å². The maximum atomic E-state index is 12.8. The summed E-state index contributed by atoms with van der Waals surface area (Å²) in [6.07, 6.45) is 15.3. The van der Waals surface area contributed by atoms with Crippen molar-refractivity contribution in [3.63, 3.8) is 0 Å². The Hall–Kier alpha value is -1.12. The first kappa shape index (κ1) is 23.6. The van der Waals surface area contributed by atoms with E-state index in [2.05, 4.69) is 34.6 Å². The van der Waals surface area contributed by atoms with Crippen LogP contribution in [0.4, 0.5) is 0 Å². The normalized spacial score (nSPS) is 48.8. The van der Waals surface area contributed by atoms with E-state index in [-0.39, 0.29) is 5.41 Å². The number of aliphatic carboxylic acids is 1. The second kappa shape index (κ2) is 7.20. The van der Waals surface area contributed by atoms with E-state index < -0.39 is 5.97 Å². The molecule has 0 aromatic heterocycles. The molecule has 5 aliphatic rings. The lowest BCUT2D eigenvalue weighted by molar-refractivity contribution is -0.157. The molecule has 1 N–H and O–H groups in total. The van der Waals surface area contributed by atoms with Crippen LogP contribution in [0.2, 0.25) is 0 Å². The number of hydrogen-bond acceptors (Lipinski definition) is 2. The van der Waals surface area contributed by atoms with E-state index in [9.17, 15) is 9.59 Å². The minimum absolute atomic E-state index is 0.122. The molecule has 0 aliphatic heterocycles. The fraction of sp³-hybridized carbons (Fsp3) is 0.867. The molecule has 5 fully saturated rings. The van der Waals surface area contributed by atoms with E-state index in [0.29, 0.717) is 44.9 Å². The lowest BCUT2D eigenvalue weighted by Crippen LogP contribution is -2.57. The summed E-state index contributed by atoms with van der Waals surface area (Å²) >= 11 is 0. The molecule has 33 heavy (non-hydrogen) atoms. The number of ketones is 1. The van der Waals surface area contributed by atoms with Crippen molar-refractivity contribution in [2.75, 3.05) is 0 Å². The van der Waals surface area contributed by atoms with Gasteiger partial charge in [-0.1, -0.05) is 40.7 Å². The third-order valence-corrected chi connectivity index (χ3v) is 13.0. The molecule has 0 aromatic carbocycles. The molecule has 0 radical (unpaired) electrons. The number of carboxylic acids is 1. The van der Waals surface area contributed by atoms with Gasteiger partial charge in [-0.15, -0.1) is 0 Å². The Morgan fingerprint density at radius 1 is 1.00 bits per heavy atom. The summed E-state index contributed by atoms with van der Waals surface area (Å²) in [5.74, 6) is 2.55. The molecule has 0 heterocycles. The van der Waals surface area contributed by atoms with Gasteiger partial charge in [0, 0.05) is 17.4 Å². The summed E-state index contributed by atoms with van der Waals surface area (Å²) in [6, 6.07) is 0. The van der Waals surface area contributed by atoms with E-state index in [0.717, 1.165) is 37.5 Å². The van der Waals surface area contributed by atoms with Crippen molar-refractivity contribution in [3.8, 4) is 0 Å². The second-order valence-electron chi connectivity index (χ2n) is 14.0. The molecule has 8 atom stereocenters. The van der Waals surface area contributed by atoms with Crippen LogP contribution in [-0.4, -0.2) is 16.9 Å². The largest absolute Gasteiger partial charge is 0.478 e. The van der Waals surface area contributed by atoms with Gasteiger partial charge in [-0.2, -0.15) is 0 Å². The minimum atomic E-state index is -0.790. The number of fused-ring (bicyclic) bond motifs is 2. The Bertz CT molecular complexity index is 900. The first-order valence-corrected chi connectivity index (χ1v) is 13.8. The summed E-state index contributed by atoms with van der Waals surface area (Å²) < 4.78 is 0. The van der Waals surface area contributed by atoms with E-state index in [1.165, 1.54) is 44.9 Å². The molecule has 0 unspecified atom stereocenters. The number of carbonyl (C=O) groups excluding carboxylic acids is 1. The van der Waals surface area contributed by atoms with Crippen LogP contribution in [0.15, 0.2) is 11.6 Å². The molecular formula is C30H46O3. The molecule has 3 heteroatoms. The van der Waals surface area contributed by atoms with Crippen molar-refractivity contribution in [2.45, 2.75) is 112 Å². The van der Waals surface area contributed by atoms with Gasteiger partial charge in [-0.3, -0.25) is 4.79 Å². The van der Waals surface area contributed by atoms with Crippen LogP contribution in [0.25, 0.3) is 0 Å². The Kier molecular flexibility index (Phi) is 5.15. The number of rotatable bonds is 5. The highest BCUT2D eigenvalue weighted by Gasteiger charge is 2.82. The van der Waals surface area contributed by atoms with Crippen molar-refractivity contribution >= 4 is 11.8 Å². The van der Waals surface area contributed by atoms with Gasteiger partial charge in [-0.05, 0) is 116 Å². The highest BCUT2D eigenvalue weighted by molar-refractivity contribution is 5.86. The summed E-state index contributed by atoms with van der Waals surface area (Å²) in [7, 11) is 0. The van der Waals surface area contributed by atoms with Gasteiger partial charge >= 0.3 is 5.97 Å². The van der Waals surface area contributed by atoms with Crippen molar-refractivity contribution in [1.82, 2.24) is 0 Å². The summed E-state index contributed by atoms with van der Waals surface area (Å²) in [4.78, 5) is 24.0. The smallest absolute Gasteiger partial charge is 0.330 e. The third-order valence-electron chi connectivity index (χ3n) is 13.0. The first-order chi connectivity index (χ1) is 15.4. The first-order valence-electron chi connectivity index (χ1n) is 13.8. The van der Waals surface area contributed by atoms with Crippen LogP contribution >= 0.6 is 0 Å². The van der Waals surface area contributed by atoms with Crippen LogP contribution in [0.1, 0.15) is 112 Å². The number of hydrogen-bond donors (Lipinski definition) is 1. The van der Waals surface area contributed by atoms with E-state index in [1.54, 1.807) is 6.92 Å². The van der Waals surface area contributed by atoms with E-state index in [4.69, 9.17) is 5.11 Å². The fourth-order valence-corrected chi connectivity index (χ4v) is 11.0. The monoisotopic (exact) mass is 454 g/mol. The molecule has 5 rings (SSSR count). The topological polar surface area (TPSA) is 54.4 Å². The molecule has 0 aromatic rings. The number of Topliss-reactive ketones (excluding diaryl/α,β-unsaturated/α-hetero) is 1. The van der Waals surface area contributed by atoms with Gasteiger partial charge in [0.1, 0.15) is 5.78 Å². The molecule has 3 nitrogen and oxygen atoms in total. The lowest BCUT2D eigenvalue weighted by atomic mass is 9.42. The second-order valence-corrected chi connectivity index (χ2v) is 14.0. The van der Waals surface area contributed by atoms with Gasteiger partial charge in [-0.25, -0.2) is 4.79 Å². The van der Waals surface area contributed by atoms with Gasteiger partial charge in [0.25, 0.3) is 0 Å². The molecule has 0 saturated heterocycles. The van der Waals surface area contributed by atoms with Gasteiger partial charge < -0.3 is 5.11 Å². The van der Waals surface area contributed by atoms with E-state index >= 15 is 0 Å². The Labute approximate surface area is 201 Å². The number of carboxylic acid groups (broad SMARTS) is 1. The lowest BCUT2D eigenvalue weighted by Gasteiger charge is -2.62. The average Bonchev–Trinajstić information content (AvgIpc) is 3.33. The maximum absolute atomic E-state index is 12.8. The summed E-state index contributed by atoms with van der Waals surface area (Å²) in [6.45, 7) is 13.9. The molecule has 2 spiro atoms. The van der Waals surface area contributed by atoms with Crippen molar-refractivity contribution in [2.24, 2.45) is 50.7 Å². The number of allylic oxidation sites excluding steroid dienone is 1. The molecule has 0 bridgehead atoms. The zero-order chi connectivity index (χ0) is 24.0. The highest BCUT2D eigenvalue weighted by Crippen LogP contribution is 2.88. The Morgan fingerprint density at radius 2 is 1.67 bits per heavy atom. The predicted molar refractivity (Wildman–Crippen MR) is 132 cm³/mol. The molecular weight excluding hydrogens is 408 g/mol. The predicted octanol–water partition coefficient (Wildman–Crippen LogP) is 7.44. The van der Waals surface area contributed by atoms with Gasteiger partial charge in [0.15, 0.2) is 0 Å².